The van der Waals surface area contributed by atoms with Gasteiger partial charge in [-0.25, -0.2) is 9.37 Å². The Morgan fingerprint density at radius 1 is 1.13 bits per heavy atom. The minimum absolute atomic E-state index is 0.140. The Morgan fingerprint density at radius 2 is 1.80 bits per heavy atom. The first-order valence-electron chi connectivity index (χ1n) is 8.99. The van der Waals surface area contributed by atoms with Crippen LogP contribution >= 0.6 is 7.60 Å². The number of nitrogens with one attached hydrogen (secondary N) is 1. The summed E-state index contributed by atoms with van der Waals surface area (Å²) in [5, 5.41) is 2.75. The molecule has 0 atom stereocenters. The summed E-state index contributed by atoms with van der Waals surface area (Å²) in [7, 11) is -0.464. The number of aromatic nitrogens is 2. The lowest BCUT2D eigenvalue weighted by Crippen LogP contribution is -2.08. The second-order valence-electron chi connectivity index (χ2n) is 6.32. The first-order valence-corrected chi connectivity index (χ1v) is 10.7. The first-order chi connectivity index (χ1) is 14.4. The van der Waals surface area contributed by atoms with Gasteiger partial charge < -0.3 is 14.4 Å². The number of anilines is 1. The van der Waals surface area contributed by atoms with Gasteiger partial charge >= 0.3 is 7.60 Å². The second kappa shape index (κ2) is 9.63. The third-order valence-electron chi connectivity index (χ3n) is 4.33. The number of imidazole rings is 1. The number of amides is 1. The van der Waals surface area contributed by atoms with E-state index in [0.29, 0.717) is 11.4 Å². The molecule has 0 saturated carbocycles. The van der Waals surface area contributed by atoms with Crippen molar-refractivity contribution in [3.05, 3.63) is 84.2 Å². The van der Waals surface area contributed by atoms with Crippen molar-refractivity contribution < 1.29 is 22.8 Å². The molecular weight excluding hydrogens is 408 g/mol. The van der Waals surface area contributed by atoms with Crippen LogP contribution in [-0.2, 0) is 24.6 Å². The zero-order chi connectivity index (χ0) is 21.6. The van der Waals surface area contributed by atoms with E-state index in [9.17, 15) is 13.8 Å². The van der Waals surface area contributed by atoms with Crippen molar-refractivity contribution in [2.75, 3.05) is 19.5 Å². The monoisotopic (exact) mass is 429 g/mol. The maximum Gasteiger partial charge on any atom is 0.334 e. The highest BCUT2D eigenvalue weighted by Gasteiger charge is 2.21. The highest BCUT2D eigenvalue weighted by Crippen LogP contribution is 2.49. The van der Waals surface area contributed by atoms with Crippen LogP contribution in [0, 0.1) is 5.82 Å². The van der Waals surface area contributed by atoms with E-state index in [-0.39, 0.29) is 17.9 Å². The molecular formula is C21H21FN3O4P. The molecule has 30 heavy (non-hydrogen) atoms. The van der Waals surface area contributed by atoms with Crippen molar-refractivity contribution in [2.45, 2.75) is 6.16 Å². The van der Waals surface area contributed by atoms with Gasteiger partial charge in [0.1, 0.15) is 5.82 Å². The smallest absolute Gasteiger partial charge is 0.323 e. The predicted molar refractivity (Wildman–Crippen MR) is 113 cm³/mol. The highest BCUT2D eigenvalue weighted by molar-refractivity contribution is 7.52. The maximum absolute atomic E-state index is 13.1. The summed E-state index contributed by atoms with van der Waals surface area (Å²) < 4.78 is 36.9. The van der Waals surface area contributed by atoms with Gasteiger partial charge in [0.2, 0.25) is 5.91 Å². The Labute approximate surface area is 173 Å². The summed E-state index contributed by atoms with van der Waals surface area (Å²) in [6.45, 7) is 0. The topological polar surface area (TPSA) is 82.5 Å². The van der Waals surface area contributed by atoms with E-state index in [1.165, 1.54) is 32.4 Å². The van der Waals surface area contributed by atoms with Crippen molar-refractivity contribution in [2.24, 2.45) is 0 Å². The van der Waals surface area contributed by atoms with Crippen LogP contribution in [0.3, 0.4) is 0 Å². The molecule has 1 N–H and O–H groups in total. The molecule has 0 fully saturated rings. The van der Waals surface area contributed by atoms with Crippen LogP contribution in [0.5, 0.6) is 0 Å². The van der Waals surface area contributed by atoms with Crippen LogP contribution in [0.2, 0.25) is 0 Å². The average molecular weight is 429 g/mol. The van der Waals surface area contributed by atoms with Crippen LogP contribution < -0.4 is 5.32 Å². The summed E-state index contributed by atoms with van der Waals surface area (Å²) in [6, 6.07) is 12.9. The Morgan fingerprint density at radius 3 is 2.43 bits per heavy atom. The van der Waals surface area contributed by atoms with Crippen LogP contribution in [0.4, 0.5) is 10.1 Å². The third-order valence-corrected chi connectivity index (χ3v) is 6.20. The molecule has 9 heteroatoms. The second-order valence-corrected chi connectivity index (χ2v) is 8.59. The van der Waals surface area contributed by atoms with E-state index < -0.39 is 7.60 Å². The molecule has 0 saturated heterocycles. The molecule has 1 aromatic heterocycles. The zero-order valence-corrected chi connectivity index (χ0v) is 17.4. The Kier molecular flexibility index (Phi) is 6.95. The molecule has 0 spiro atoms. The van der Waals surface area contributed by atoms with Crippen molar-refractivity contribution in [3.63, 3.8) is 0 Å². The lowest BCUT2D eigenvalue weighted by Gasteiger charge is -2.13. The first kappa shape index (κ1) is 21.6. The minimum Gasteiger partial charge on any atom is -0.323 e. The van der Waals surface area contributed by atoms with E-state index in [0.717, 1.165) is 11.3 Å². The van der Waals surface area contributed by atoms with Gasteiger partial charge in [-0.05, 0) is 48.0 Å². The minimum atomic E-state index is -3.14. The Hall–Kier alpha value is -3.06. The van der Waals surface area contributed by atoms with Gasteiger partial charge in [0, 0.05) is 31.7 Å². The van der Waals surface area contributed by atoms with Gasteiger partial charge in [-0.3, -0.25) is 13.9 Å². The molecule has 1 amide bonds. The number of halogens is 1. The summed E-state index contributed by atoms with van der Waals surface area (Å²) >= 11 is 0. The Bertz CT molecular complexity index is 1070. The summed E-state index contributed by atoms with van der Waals surface area (Å²) in [5.41, 5.74) is 2.75. The van der Waals surface area contributed by atoms with E-state index in [4.69, 9.17) is 9.05 Å². The maximum atomic E-state index is 13.1. The number of rotatable bonds is 8. The standard InChI is InChI=1S/C21H21FN3O4P/c1-28-30(27,29-2)14-16-3-7-18(8-4-16)24-21(26)12-11-20-13-23-15-25(20)19-9-5-17(22)6-10-19/h3-13,15H,14H2,1-2H3,(H,24,26). The fourth-order valence-electron chi connectivity index (χ4n) is 2.71. The molecule has 156 valence electrons. The third kappa shape index (κ3) is 5.51. The molecule has 2 aromatic carbocycles. The zero-order valence-electron chi connectivity index (χ0n) is 16.5. The van der Waals surface area contributed by atoms with E-state index in [1.807, 2.05) is 0 Å². The average Bonchev–Trinajstić information content (AvgIpc) is 3.23. The van der Waals surface area contributed by atoms with Gasteiger partial charge in [-0.2, -0.15) is 0 Å². The van der Waals surface area contributed by atoms with Crippen LogP contribution in [0.25, 0.3) is 11.8 Å². The number of carbonyl (C=O) groups is 1. The van der Waals surface area contributed by atoms with E-state index >= 15 is 0 Å². The Balaban J connectivity index is 1.64. The number of carbonyl (C=O) groups excluding carboxylic acids is 1. The van der Waals surface area contributed by atoms with Crippen LogP contribution in [0.15, 0.2) is 67.1 Å². The highest BCUT2D eigenvalue weighted by atomic mass is 31.2. The van der Waals surface area contributed by atoms with Crippen molar-refractivity contribution in [3.8, 4) is 5.69 Å². The largest absolute Gasteiger partial charge is 0.334 e. The molecule has 3 rings (SSSR count). The van der Waals surface area contributed by atoms with Crippen molar-refractivity contribution >= 4 is 25.3 Å². The van der Waals surface area contributed by atoms with Crippen LogP contribution in [0.1, 0.15) is 11.3 Å². The number of hydrogen-bond donors (Lipinski definition) is 1. The van der Waals surface area contributed by atoms with Crippen molar-refractivity contribution in [1.29, 1.82) is 0 Å². The van der Waals surface area contributed by atoms with Gasteiger partial charge in [0.15, 0.2) is 0 Å². The SMILES string of the molecule is COP(=O)(Cc1ccc(NC(=O)C=Cc2cncn2-c2ccc(F)cc2)cc1)OC. The summed E-state index contributed by atoms with van der Waals surface area (Å²) in [5.74, 6) is -0.650. The quantitative estimate of drug-likeness (QED) is 0.416. The van der Waals surface area contributed by atoms with Gasteiger partial charge in [0.05, 0.1) is 24.4 Å². The van der Waals surface area contributed by atoms with Gasteiger partial charge in [-0.15, -0.1) is 0 Å². The predicted octanol–water partition coefficient (Wildman–Crippen LogP) is 4.65. The molecule has 0 aliphatic carbocycles. The van der Waals surface area contributed by atoms with Crippen molar-refractivity contribution in [1.82, 2.24) is 9.55 Å². The number of hydrogen-bond acceptors (Lipinski definition) is 5. The van der Waals surface area contributed by atoms with Gasteiger partial charge in [0.25, 0.3) is 0 Å². The van der Waals surface area contributed by atoms with E-state index in [2.05, 4.69) is 10.3 Å². The summed E-state index contributed by atoms with van der Waals surface area (Å²) in [4.78, 5) is 16.3. The molecule has 0 aliphatic heterocycles. The fraction of sp³-hybridized carbons (Fsp3) is 0.143. The molecule has 3 aromatic rings. The molecule has 0 bridgehead atoms. The fourth-order valence-corrected chi connectivity index (χ4v) is 3.78. The normalized spacial score (nSPS) is 11.7. The van der Waals surface area contributed by atoms with E-state index in [1.54, 1.807) is 59.6 Å². The lowest BCUT2D eigenvalue weighted by atomic mass is 10.2. The molecule has 0 unspecified atom stereocenters. The van der Waals surface area contributed by atoms with Crippen LogP contribution in [-0.4, -0.2) is 29.7 Å². The number of nitrogens with zero attached hydrogens (tertiary/aromatic N) is 2. The summed E-state index contributed by atoms with van der Waals surface area (Å²) in [6.07, 6.45) is 6.33. The molecule has 0 aliphatic rings. The molecule has 0 radical (unpaired) electrons. The lowest BCUT2D eigenvalue weighted by molar-refractivity contribution is -0.111. The number of benzene rings is 2. The molecule has 1 heterocycles. The molecule has 7 nitrogen and oxygen atoms in total. The van der Waals surface area contributed by atoms with Gasteiger partial charge in [-0.1, -0.05) is 12.1 Å².